The lowest BCUT2D eigenvalue weighted by atomic mass is 10.00. The Hall–Kier alpha value is -4.06. The molecule has 0 fully saturated rings. The molecule has 144 valence electrons. The van der Waals surface area contributed by atoms with Crippen LogP contribution in [0.3, 0.4) is 0 Å². The number of nitrogens with two attached hydrogens (primary N) is 1. The highest BCUT2D eigenvalue weighted by molar-refractivity contribution is 6.05. The SMILES string of the molecule is NC(=O)c1cccc(NC(=O)C=Cc2c[nH]c3ccccc23)c1Cc1ccco1. The fourth-order valence-corrected chi connectivity index (χ4v) is 3.28. The van der Waals surface area contributed by atoms with Crippen molar-refractivity contribution < 1.29 is 14.0 Å². The number of amides is 2. The van der Waals surface area contributed by atoms with Crippen LogP contribution < -0.4 is 11.1 Å². The van der Waals surface area contributed by atoms with Gasteiger partial charge in [0, 0.05) is 40.8 Å². The summed E-state index contributed by atoms with van der Waals surface area (Å²) in [5.41, 5.74) is 8.92. The first-order valence-electron chi connectivity index (χ1n) is 9.11. The van der Waals surface area contributed by atoms with Crippen molar-refractivity contribution in [2.45, 2.75) is 6.42 Å². The number of primary amides is 1. The van der Waals surface area contributed by atoms with Crippen molar-refractivity contribution in [3.63, 3.8) is 0 Å². The lowest BCUT2D eigenvalue weighted by molar-refractivity contribution is -0.111. The van der Waals surface area contributed by atoms with Gasteiger partial charge in [-0.3, -0.25) is 9.59 Å². The van der Waals surface area contributed by atoms with Crippen LogP contribution in [0.4, 0.5) is 5.69 Å². The first kappa shape index (κ1) is 18.3. The highest BCUT2D eigenvalue weighted by Crippen LogP contribution is 2.24. The van der Waals surface area contributed by atoms with Gasteiger partial charge < -0.3 is 20.5 Å². The van der Waals surface area contributed by atoms with Crippen LogP contribution in [-0.2, 0) is 11.2 Å². The van der Waals surface area contributed by atoms with Crippen molar-refractivity contribution >= 4 is 34.5 Å². The van der Waals surface area contributed by atoms with Gasteiger partial charge in [-0.25, -0.2) is 0 Å². The van der Waals surface area contributed by atoms with E-state index in [2.05, 4.69) is 10.3 Å². The molecule has 0 bridgehead atoms. The van der Waals surface area contributed by atoms with Crippen molar-refractivity contribution in [2.75, 3.05) is 5.32 Å². The van der Waals surface area contributed by atoms with Crippen LogP contribution in [0, 0.1) is 0 Å². The summed E-state index contributed by atoms with van der Waals surface area (Å²) in [5.74, 6) is -0.196. The number of hydrogen-bond acceptors (Lipinski definition) is 3. The third-order valence-electron chi connectivity index (χ3n) is 4.67. The van der Waals surface area contributed by atoms with E-state index in [0.29, 0.717) is 29.0 Å². The van der Waals surface area contributed by atoms with Crippen molar-refractivity contribution in [3.8, 4) is 0 Å². The number of nitrogens with one attached hydrogen (secondary N) is 2. The van der Waals surface area contributed by atoms with Gasteiger partial charge in [-0.2, -0.15) is 0 Å². The molecule has 0 aliphatic rings. The number of carbonyl (C=O) groups is 2. The lowest BCUT2D eigenvalue weighted by Crippen LogP contribution is -2.17. The molecule has 0 saturated heterocycles. The van der Waals surface area contributed by atoms with Crippen LogP contribution in [-0.4, -0.2) is 16.8 Å². The van der Waals surface area contributed by atoms with Gasteiger partial charge in [-0.1, -0.05) is 24.3 Å². The van der Waals surface area contributed by atoms with E-state index in [9.17, 15) is 9.59 Å². The fraction of sp³-hybridized carbons (Fsp3) is 0.0435. The minimum Gasteiger partial charge on any atom is -0.469 e. The van der Waals surface area contributed by atoms with E-state index in [1.807, 2.05) is 30.5 Å². The third-order valence-corrected chi connectivity index (χ3v) is 4.67. The molecule has 2 aromatic heterocycles. The molecule has 4 aromatic rings. The summed E-state index contributed by atoms with van der Waals surface area (Å²) < 4.78 is 5.39. The van der Waals surface area contributed by atoms with Gasteiger partial charge in [0.05, 0.1) is 6.26 Å². The van der Waals surface area contributed by atoms with Gasteiger partial charge in [0.15, 0.2) is 0 Å². The zero-order valence-electron chi connectivity index (χ0n) is 15.5. The minimum atomic E-state index is -0.558. The number of anilines is 1. The molecule has 4 rings (SSSR count). The number of aromatic nitrogens is 1. The van der Waals surface area contributed by atoms with Crippen LogP contribution >= 0.6 is 0 Å². The topological polar surface area (TPSA) is 101 Å². The van der Waals surface area contributed by atoms with Crippen LogP contribution in [0.15, 0.2) is 77.6 Å². The minimum absolute atomic E-state index is 0.308. The second kappa shape index (κ2) is 7.90. The number of furan rings is 1. The van der Waals surface area contributed by atoms with Gasteiger partial charge in [0.1, 0.15) is 5.76 Å². The zero-order chi connectivity index (χ0) is 20.2. The second-order valence-electron chi connectivity index (χ2n) is 6.56. The average Bonchev–Trinajstić information content (AvgIpc) is 3.37. The fourth-order valence-electron chi connectivity index (χ4n) is 3.28. The maximum atomic E-state index is 12.5. The average molecular weight is 385 g/mol. The molecule has 6 nitrogen and oxygen atoms in total. The molecule has 2 amide bonds. The summed E-state index contributed by atoms with van der Waals surface area (Å²) in [5, 5.41) is 3.88. The van der Waals surface area contributed by atoms with Crippen molar-refractivity contribution in [1.82, 2.24) is 4.98 Å². The number of para-hydroxylation sites is 1. The van der Waals surface area contributed by atoms with Crippen LogP contribution in [0.5, 0.6) is 0 Å². The van der Waals surface area contributed by atoms with E-state index < -0.39 is 5.91 Å². The number of hydrogen-bond donors (Lipinski definition) is 3. The molecular weight excluding hydrogens is 366 g/mol. The molecule has 4 N–H and O–H groups in total. The maximum Gasteiger partial charge on any atom is 0.249 e. The highest BCUT2D eigenvalue weighted by atomic mass is 16.3. The van der Waals surface area contributed by atoms with Gasteiger partial charge in [0.2, 0.25) is 11.8 Å². The number of carbonyl (C=O) groups excluding carboxylic acids is 2. The Morgan fingerprint density at radius 1 is 1.07 bits per heavy atom. The van der Waals surface area contributed by atoms with Gasteiger partial charge >= 0.3 is 0 Å². The molecule has 6 heteroatoms. The summed E-state index contributed by atoms with van der Waals surface area (Å²) in [6, 6.07) is 16.5. The molecule has 0 spiro atoms. The summed E-state index contributed by atoms with van der Waals surface area (Å²) in [6.07, 6.45) is 6.96. The number of fused-ring (bicyclic) bond motifs is 1. The Balaban J connectivity index is 1.59. The van der Waals surface area contributed by atoms with E-state index in [0.717, 1.165) is 16.5 Å². The Morgan fingerprint density at radius 3 is 2.72 bits per heavy atom. The first-order chi connectivity index (χ1) is 14.1. The summed E-state index contributed by atoms with van der Waals surface area (Å²) in [6.45, 7) is 0. The largest absolute Gasteiger partial charge is 0.469 e. The molecule has 0 unspecified atom stereocenters. The first-order valence-corrected chi connectivity index (χ1v) is 9.11. The maximum absolute atomic E-state index is 12.5. The van der Waals surface area contributed by atoms with Gasteiger partial charge in [-0.15, -0.1) is 0 Å². The van der Waals surface area contributed by atoms with Crippen LogP contribution in [0.1, 0.15) is 27.2 Å². The second-order valence-corrected chi connectivity index (χ2v) is 6.56. The van der Waals surface area contributed by atoms with Gasteiger partial charge in [-0.05, 0) is 47.5 Å². The molecule has 0 aliphatic heterocycles. The summed E-state index contributed by atoms with van der Waals surface area (Å²) in [7, 11) is 0. The Kier molecular flexibility index (Phi) is 4.99. The van der Waals surface area contributed by atoms with E-state index in [1.165, 1.54) is 6.08 Å². The zero-order valence-corrected chi connectivity index (χ0v) is 15.5. The van der Waals surface area contributed by atoms with Crippen molar-refractivity contribution in [1.29, 1.82) is 0 Å². The normalized spacial score (nSPS) is 11.2. The predicted octanol–water partition coefficient (Wildman–Crippen LogP) is 4.10. The Labute approximate surface area is 167 Å². The molecule has 0 saturated carbocycles. The van der Waals surface area contributed by atoms with Gasteiger partial charge in [0.25, 0.3) is 0 Å². The number of aromatic amines is 1. The van der Waals surface area contributed by atoms with Crippen LogP contribution in [0.25, 0.3) is 17.0 Å². The monoisotopic (exact) mass is 385 g/mol. The lowest BCUT2D eigenvalue weighted by Gasteiger charge is -2.12. The quantitative estimate of drug-likeness (QED) is 0.436. The molecule has 2 aromatic carbocycles. The van der Waals surface area contributed by atoms with E-state index in [4.69, 9.17) is 10.2 Å². The third kappa shape index (κ3) is 3.96. The van der Waals surface area contributed by atoms with Crippen LogP contribution in [0.2, 0.25) is 0 Å². The molecule has 0 aliphatic carbocycles. The van der Waals surface area contributed by atoms with Crippen molar-refractivity contribution in [3.05, 3.63) is 95.6 Å². The molecule has 0 atom stereocenters. The molecule has 0 radical (unpaired) electrons. The van der Waals surface area contributed by atoms with E-state index in [-0.39, 0.29) is 5.91 Å². The number of rotatable bonds is 6. The Morgan fingerprint density at radius 2 is 1.93 bits per heavy atom. The predicted molar refractivity (Wildman–Crippen MR) is 112 cm³/mol. The van der Waals surface area contributed by atoms with Crippen molar-refractivity contribution in [2.24, 2.45) is 5.73 Å². The number of benzene rings is 2. The van der Waals surface area contributed by atoms with E-state index in [1.54, 1.807) is 42.7 Å². The molecule has 2 heterocycles. The number of H-pyrrole nitrogens is 1. The summed E-state index contributed by atoms with van der Waals surface area (Å²) in [4.78, 5) is 27.6. The van der Waals surface area contributed by atoms with E-state index >= 15 is 0 Å². The standard InChI is InChI=1S/C23H19N3O3/c24-23(28)18-7-3-9-21(19(18)13-16-5-4-12-29-16)26-22(27)11-10-15-14-25-20-8-2-1-6-17(15)20/h1-12,14,25H,13H2,(H2,24,28)(H,26,27). The summed E-state index contributed by atoms with van der Waals surface area (Å²) >= 11 is 0. The highest BCUT2D eigenvalue weighted by Gasteiger charge is 2.15. The Bertz CT molecular complexity index is 1200. The smallest absolute Gasteiger partial charge is 0.249 e. The molecular formula is C23H19N3O3. The molecule has 29 heavy (non-hydrogen) atoms.